The third-order valence-electron chi connectivity index (χ3n) is 10.5. The van der Waals surface area contributed by atoms with Crippen LogP contribution in [-0.4, -0.2) is 23.1 Å². The van der Waals surface area contributed by atoms with Gasteiger partial charge in [0.25, 0.3) is 0 Å². The molecule has 164 valence electrons. The topological polar surface area (TPSA) is 52.6 Å². The molecule has 8 aliphatic rings. The van der Waals surface area contributed by atoms with Gasteiger partial charge in [-0.15, -0.1) is 0 Å². The summed E-state index contributed by atoms with van der Waals surface area (Å²) in [5.74, 6) is 4.57. The van der Waals surface area contributed by atoms with Gasteiger partial charge in [-0.3, -0.25) is 0 Å². The molecule has 0 radical (unpaired) electrons. The number of rotatable bonds is 4. The van der Waals surface area contributed by atoms with Gasteiger partial charge >= 0.3 is 11.9 Å². The fourth-order valence-electron chi connectivity index (χ4n) is 9.21. The third-order valence-corrected chi connectivity index (χ3v) is 10.5. The Bertz CT molecular complexity index is 660. The summed E-state index contributed by atoms with van der Waals surface area (Å²) in [5.41, 5.74) is -0.710. The van der Waals surface area contributed by atoms with E-state index in [4.69, 9.17) is 9.47 Å². The van der Waals surface area contributed by atoms with E-state index >= 15 is 0 Å². The summed E-state index contributed by atoms with van der Waals surface area (Å²) in [6.07, 6.45) is 15.0. The van der Waals surface area contributed by atoms with Crippen molar-refractivity contribution in [3.63, 3.8) is 0 Å². The summed E-state index contributed by atoms with van der Waals surface area (Å²) >= 11 is 0. The standard InChI is InChI=1S/C26H36O4/c1-25(19-7-15-5-16(9-19)10-20(25)8-15)29-23(27)3-4-24(28)30-26(2)21-11-17-6-18(13-21)14-22(26)12-17/h3-4,15-22H,5-14H2,1-2H3. The molecule has 0 saturated heterocycles. The van der Waals surface area contributed by atoms with Crippen molar-refractivity contribution in [2.75, 3.05) is 0 Å². The zero-order chi connectivity index (χ0) is 20.7. The van der Waals surface area contributed by atoms with Gasteiger partial charge in [-0.2, -0.15) is 0 Å². The number of hydrogen-bond donors (Lipinski definition) is 0. The van der Waals surface area contributed by atoms with Crippen molar-refractivity contribution in [1.82, 2.24) is 0 Å². The lowest BCUT2D eigenvalue weighted by molar-refractivity contribution is -0.200. The summed E-state index contributed by atoms with van der Waals surface area (Å²) in [6.45, 7) is 4.28. The molecule has 8 rings (SSSR count). The fourth-order valence-corrected chi connectivity index (χ4v) is 9.21. The fraction of sp³-hybridized carbons (Fsp3) is 0.846. The van der Waals surface area contributed by atoms with Crippen molar-refractivity contribution in [1.29, 1.82) is 0 Å². The number of carbonyl (C=O) groups excluding carboxylic acids is 2. The normalized spacial score (nSPS) is 52.7. The lowest BCUT2D eigenvalue weighted by Crippen LogP contribution is -2.58. The second kappa shape index (κ2) is 6.59. The van der Waals surface area contributed by atoms with Crippen molar-refractivity contribution >= 4 is 11.9 Å². The molecule has 4 nitrogen and oxygen atoms in total. The van der Waals surface area contributed by atoms with E-state index in [9.17, 15) is 9.59 Å². The number of carbonyl (C=O) groups is 2. The summed E-state index contributed by atoms with van der Waals surface area (Å²) in [4.78, 5) is 25.3. The third kappa shape index (κ3) is 2.92. The van der Waals surface area contributed by atoms with Crippen LogP contribution < -0.4 is 0 Å². The van der Waals surface area contributed by atoms with E-state index in [1.165, 1.54) is 76.4 Å². The highest BCUT2D eigenvalue weighted by Crippen LogP contribution is 2.60. The molecule has 8 saturated carbocycles. The average molecular weight is 413 g/mol. The highest BCUT2D eigenvalue weighted by Gasteiger charge is 2.58. The Labute approximate surface area is 180 Å². The Morgan fingerprint density at radius 3 is 1.10 bits per heavy atom. The monoisotopic (exact) mass is 412 g/mol. The first-order valence-corrected chi connectivity index (χ1v) is 12.5. The van der Waals surface area contributed by atoms with Crippen molar-refractivity contribution in [2.45, 2.75) is 89.3 Å². The molecule has 0 heterocycles. The quantitative estimate of drug-likeness (QED) is 0.478. The molecule has 0 atom stereocenters. The Kier molecular flexibility index (Phi) is 4.26. The smallest absolute Gasteiger partial charge is 0.331 e. The SMILES string of the molecule is CC1(OC(=O)C=CC(=O)OC2(C)C3CC4CC(C3)CC2C4)C2CC3CC(C2)CC1C3. The molecule has 0 aromatic rings. The van der Waals surface area contributed by atoms with Crippen molar-refractivity contribution in [3.8, 4) is 0 Å². The van der Waals surface area contributed by atoms with Gasteiger partial charge in [-0.1, -0.05) is 0 Å². The van der Waals surface area contributed by atoms with Gasteiger partial charge in [0.2, 0.25) is 0 Å². The van der Waals surface area contributed by atoms with Crippen LogP contribution >= 0.6 is 0 Å². The van der Waals surface area contributed by atoms with E-state index in [1.807, 2.05) is 0 Å². The molecular formula is C26H36O4. The predicted octanol–water partition coefficient (Wildman–Crippen LogP) is 5.06. The van der Waals surface area contributed by atoms with Crippen molar-refractivity contribution in [3.05, 3.63) is 12.2 Å². The minimum absolute atomic E-state index is 0.355. The molecule has 0 aromatic heterocycles. The molecule has 0 spiro atoms. The van der Waals surface area contributed by atoms with Crippen LogP contribution in [0, 0.1) is 47.3 Å². The first-order valence-electron chi connectivity index (χ1n) is 12.5. The van der Waals surface area contributed by atoms with Crippen LogP contribution in [-0.2, 0) is 19.1 Å². The molecule has 8 bridgehead atoms. The van der Waals surface area contributed by atoms with Gasteiger partial charge in [0.15, 0.2) is 0 Å². The molecule has 0 aliphatic heterocycles. The molecule has 0 amide bonds. The van der Waals surface area contributed by atoms with E-state index in [2.05, 4.69) is 13.8 Å². The second-order valence-corrected chi connectivity index (χ2v) is 12.2. The maximum Gasteiger partial charge on any atom is 0.331 e. The number of esters is 2. The Morgan fingerprint density at radius 1 is 0.567 bits per heavy atom. The Balaban J connectivity index is 1.09. The highest BCUT2D eigenvalue weighted by atomic mass is 16.6. The Morgan fingerprint density at radius 2 is 0.833 bits per heavy atom. The summed E-state index contributed by atoms with van der Waals surface area (Å²) < 4.78 is 12.1. The molecular weight excluding hydrogens is 376 g/mol. The largest absolute Gasteiger partial charge is 0.456 e. The molecule has 8 aliphatic carbocycles. The van der Waals surface area contributed by atoms with Gasteiger partial charge in [0, 0.05) is 12.2 Å². The molecule has 8 fully saturated rings. The lowest BCUT2D eigenvalue weighted by Gasteiger charge is -2.59. The van der Waals surface area contributed by atoms with Crippen LogP contribution in [0.25, 0.3) is 0 Å². The number of hydrogen-bond acceptors (Lipinski definition) is 4. The van der Waals surface area contributed by atoms with E-state index in [-0.39, 0.29) is 23.1 Å². The van der Waals surface area contributed by atoms with Gasteiger partial charge in [0.05, 0.1) is 0 Å². The van der Waals surface area contributed by atoms with Crippen molar-refractivity contribution < 1.29 is 19.1 Å². The van der Waals surface area contributed by atoms with Crippen LogP contribution in [0.2, 0.25) is 0 Å². The van der Waals surface area contributed by atoms with Crippen LogP contribution in [0.4, 0.5) is 0 Å². The van der Waals surface area contributed by atoms with Crippen LogP contribution in [0.5, 0.6) is 0 Å². The van der Waals surface area contributed by atoms with E-state index < -0.39 is 0 Å². The summed E-state index contributed by atoms with van der Waals surface area (Å²) in [6, 6.07) is 0. The zero-order valence-electron chi connectivity index (χ0n) is 18.5. The second-order valence-electron chi connectivity index (χ2n) is 12.2. The Hall–Kier alpha value is -1.32. The molecule has 0 N–H and O–H groups in total. The minimum atomic E-state index is -0.378. The van der Waals surface area contributed by atoms with Crippen LogP contribution in [0.1, 0.15) is 78.1 Å². The maximum absolute atomic E-state index is 12.6. The minimum Gasteiger partial charge on any atom is -0.456 e. The van der Waals surface area contributed by atoms with E-state index in [0.717, 1.165) is 23.7 Å². The summed E-state index contributed by atoms with van der Waals surface area (Å²) in [7, 11) is 0. The van der Waals surface area contributed by atoms with E-state index in [1.54, 1.807) is 0 Å². The first kappa shape index (κ1) is 19.4. The molecule has 0 aromatic carbocycles. The molecule has 4 heteroatoms. The summed E-state index contributed by atoms with van der Waals surface area (Å²) in [5, 5.41) is 0. The molecule has 0 unspecified atom stereocenters. The first-order chi connectivity index (χ1) is 14.3. The van der Waals surface area contributed by atoms with Gasteiger partial charge in [-0.25, -0.2) is 9.59 Å². The maximum atomic E-state index is 12.6. The predicted molar refractivity (Wildman–Crippen MR) is 112 cm³/mol. The highest BCUT2D eigenvalue weighted by molar-refractivity contribution is 5.92. The van der Waals surface area contributed by atoms with E-state index in [0.29, 0.717) is 23.7 Å². The van der Waals surface area contributed by atoms with Crippen LogP contribution in [0.3, 0.4) is 0 Å². The van der Waals surface area contributed by atoms with Gasteiger partial charge in [0.1, 0.15) is 11.2 Å². The van der Waals surface area contributed by atoms with Gasteiger partial charge in [-0.05, 0) is 125 Å². The molecule has 30 heavy (non-hydrogen) atoms. The zero-order valence-corrected chi connectivity index (χ0v) is 18.5. The lowest BCUT2D eigenvalue weighted by atomic mass is 9.50. The average Bonchev–Trinajstić information content (AvgIpc) is 2.68. The van der Waals surface area contributed by atoms with Gasteiger partial charge < -0.3 is 9.47 Å². The van der Waals surface area contributed by atoms with Crippen LogP contribution in [0.15, 0.2) is 12.2 Å². The number of ether oxygens (including phenoxy) is 2. The van der Waals surface area contributed by atoms with Crippen molar-refractivity contribution in [2.24, 2.45) is 47.3 Å².